The first-order valence-corrected chi connectivity index (χ1v) is 7.71. The molecule has 21 heavy (non-hydrogen) atoms. The van der Waals surface area contributed by atoms with Gasteiger partial charge < -0.3 is 10.6 Å². The zero-order valence-corrected chi connectivity index (χ0v) is 13.8. The van der Waals surface area contributed by atoms with Crippen LogP contribution < -0.4 is 10.6 Å². The Morgan fingerprint density at radius 3 is 2.67 bits per heavy atom. The van der Waals surface area contributed by atoms with Crippen molar-refractivity contribution < 1.29 is 4.79 Å². The second-order valence-corrected chi connectivity index (χ2v) is 5.90. The van der Waals surface area contributed by atoms with E-state index < -0.39 is 0 Å². The third-order valence-electron chi connectivity index (χ3n) is 3.38. The first-order valence-electron chi connectivity index (χ1n) is 6.92. The molecule has 0 fully saturated rings. The average molecular weight is 347 g/mol. The first-order chi connectivity index (χ1) is 10.1. The number of hydrogen-bond donors (Lipinski definition) is 2. The summed E-state index contributed by atoms with van der Waals surface area (Å²) >= 11 is 3.42. The van der Waals surface area contributed by atoms with Gasteiger partial charge in [0.2, 0.25) is 5.91 Å². The van der Waals surface area contributed by atoms with E-state index in [1.54, 1.807) is 0 Å². The van der Waals surface area contributed by atoms with Gasteiger partial charge in [-0.3, -0.25) is 4.79 Å². The summed E-state index contributed by atoms with van der Waals surface area (Å²) in [5.74, 6) is 0.0196. The lowest BCUT2D eigenvalue weighted by Gasteiger charge is -2.11. The number of carbonyl (C=O) groups excluding carboxylic acids is 1. The van der Waals surface area contributed by atoms with Gasteiger partial charge in [-0.1, -0.05) is 34.1 Å². The van der Waals surface area contributed by atoms with Crippen molar-refractivity contribution in [2.24, 2.45) is 0 Å². The molecule has 0 heterocycles. The van der Waals surface area contributed by atoms with Crippen LogP contribution in [0, 0.1) is 13.8 Å². The number of aryl methyl sites for hydroxylation is 1. The fourth-order valence-corrected chi connectivity index (χ4v) is 2.42. The molecule has 1 amide bonds. The number of carbonyl (C=O) groups is 1. The van der Waals surface area contributed by atoms with Gasteiger partial charge in [0, 0.05) is 28.8 Å². The molecule has 0 aliphatic rings. The maximum absolute atomic E-state index is 12.0. The van der Waals surface area contributed by atoms with Crippen molar-refractivity contribution in [3.63, 3.8) is 0 Å². The van der Waals surface area contributed by atoms with Crippen molar-refractivity contribution in [2.75, 3.05) is 17.2 Å². The van der Waals surface area contributed by atoms with Gasteiger partial charge in [-0.2, -0.15) is 0 Å². The predicted octanol–water partition coefficient (Wildman–Crippen LogP) is 4.51. The lowest BCUT2D eigenvalue weighted by Crippen LogP contribution is -2.17. The predicted molar refractivity (Wildman–Crippen MR) is 91.8 cm³/mol. The van der Waals surface area contributed by atoms with E-state index >= 15 is 0 Å². The summed E-state index contributed by atoms with van der Waals surface area (Å²) < 4.78 is 1.02. The third kappa shape index (κ3) is 4.60. The van der Waals surface area contributed by atoms with Crippen LogP contribution >= 0.6 is 15.9 Å². The monoisotopic (exact) mass is 346 g/mol. The topological polar surface area (TPSA) is 41.1 Å². The van der Waals surface area contributed by atoms with Crippen LogP contribution in [0.4, 0.5) is 11.4 Å². The molecule has 2 N–H and O–H groups in total. The van der Waals surface area contributed by atoms with Crippen molar-refractivity contribution >= 4 is 33.2 Å². The van der Waals surface area contributed by atoms with Crippen molar-refractivity contribution in [1.29, 1.82) is 0 Å². The minimum absolute atomic E-state index is 0.0196. The second kappa shape index (κ2) is 7.27. The SMILES string of the molecule is Cc1cccc(NC(=O)CCNc2cccc(Br)c2)c1C. The lowest BCUT2D eigenvalue weighted by molar-refractivity contribution is -0.115. The Labute approximate surface area is 133 Å². The fourth-order valence-electron chi connectivity index (χ4n) is 2.02. The molecule has 2 aromatic rings. The van der Waals surface area contributed by atoms with Gasteiger partial charge in [-0.25, -0.2) is 0 Å². The molecule has 2 aromatic carbocycles. The van der Waals surface area contributed by atoms with Crippen LogP contribution in [-0.4, -0.2) is 12.5 Å². The Morgan fingerprint density at radius 2 is 1.90 bits per heavy atom. The molecule has 0 spiro atoms. The van der Waals surface area contributed by atoms with E-state index in [0.717, 1.165) is 21.4 Å². The van der Waals surface area contributed by atoms with Gasteiger partial charge in [0.15, 0.2) is 0 Å². The molecule has 0 bridgehead atoms. The second-order valence-electron chi connectivity index (χ2n) is 4.98. The third-order valence-corrected chi connectivity index (χ3v) is 3.88. The Bertz CT molecular complexity index is 640. The van der Waals surface area contributed by atoms with Crippen LogP contribution in [0.2, 0.25) is 0 Å². The van der Waals surface area contributed by atoms with E-state index in [1.807, 2.05) is 56.3 Å². The molecule has 0 saturated heterocycles. The Morgan fingerprint density at radius 1 is 1.14 bits per heavy atom. The maximum Gasteiger partial charge on any atom is 0.226 e. The molecule has 0 saturated carbocycles. The zero-order chi connectivity index (χ0) is 15.2. The number of halogens is 1. The zero-order valence-electron chi connectivity index (χ0n) is 12.2. The van der Waals surface area contributed by atoms with Crippen LogP contribution in [0.1, 0.15) is 17.5 Å². The largest absolute Gasteiger partial charge is 0.384 e. The molecule has 0 aliphatic heterocycles. The highest BCUT2D eigenvalue weighted by molar-refractivity contribution is 9.10. The average Bonchev–Trinajstić information content (AvgIpc) is 2.44. The minimum Gasteiger partial charge on any atom is -0.384 e. The summed E-state index contributed by atoms with van der Waals surface area (Å²) in [7, 11) is 0. The van der Waals surface area contributed by atoms with Crippen LogP contribution in [-0.2, 0) is 4.79 Å². The summed E-state index contributed by atoms with van der Waals surface area (Å²) in [6.45, 7) is 4.66. The number of anilines is 2. The van der Waals surface area contributed by atoms with Gasteiger partial charge >= 0.3 is 0 Å². The Balaban J connectivity index is 1.84. The van der Waals surface area contributed by atoms with Crippen LogP contribution in [0.25, 0.3) is 0 Å². The van der Waals surface area contributed by atoms with E-state index in [9.17, 15) is 4.79 Å². The highest BCUT2D eigenvalue weighted by atomic mass is 79.9. The standard InChI is InChI=1S/C17H19BrN2O/c1-12-5-3-8-16(13(12)2)20-17(21)9-10-19-15-7-4-6-14(18)11-15/h3-8,11,19H,9-10H2,1-2H3,(H,20,21). The van der Waals surface area contributed by atoms with E-state index in [2.05, 4.69) is 26.6 Å². The quantitative estimate of drug-likeness (QED) is 0.836. The minimum atomic E-state index is 0.0196. The van der Waals surface area contributed by atoms with Crippen LogP contribution in [0.3, 0.4) is 0 Å². The first kappa shape index (κ1) is 15.6. The molecule has 0 aliphatic carbocycles. The van der Waals surface area contributed by atoms with Crippen molar-refractivity contribution in [1.82, 2.24) is 0 Å². The van der Waals surface area contributed by atoms with Gasteiger partial charge in [0.25, 0.3) is 0 Å². The summed E-state index contributed by atoms with van der Waals surface area (Å²) in [5.41, 5.74) is 4.19. The number of amides is 1. The molecular weight excluding hydrogens is 328 g/mol. The van der Waals surface area contributed by atoms with Gasteiger partial charge in [-0.05, 0) is 49.2 Å². The Kier molecular flexibility index (Phi) is 5.39. The van der Waals surface area contributed by atoms with Crippen molar-refractivity contribution in [3.8, 4) is 0 Å². The summed E-state index contributed by atoms with van der Waals surface area (Å²) in [5, 5.41) is 6.20. The Hall–Kier alpha value is -1.81. The van der Waals surface area contributed by atoms with Gasteiger partial charge in [-0.15, -0.1) is 0 Å². The van der Waals surface area contributed by atoms with E-state index in [1.165, 1.54) is 5.56 Å². The molecular formula is C17H19BrN2O. The molecule has 0 aromatic heterocycles. The summed E-state index contributed by atoms with van der Waals surface area (Å²) in [6.07, 6.45) is 0.430. The van der Waals surface area contributed by atoms with Gasteiger partial charge in [0.1, 0.15) is 0 Å². The van der Waals surface area contributed by atoms with E-state index in [4.69, 9.17) is 0 Å². The smallest absolute Gasteiger partial charge is 0.226 e. The van der Waals surface area contributed by atoms with E-state index in [0.29, 0.717) is 13.0 Å². The van der Waals surface area contributed by atoms with Gasteiger partial charge in [0.05, 0.1) is 0 Å². The number of nitrogens with one attached hydrogen (secondary N) is 2. The molecule has 0 atom stereocenters. The molecule has 0 unspecified atom stereocenters. The molecule has 0 radical (unpaired) electrons. The van der Waals surface area contributed by atoms with Crippen molar-refractivity contribution in [2.45, 2.75) is 20.3 Å². The summed E-state index contributed by atoms with van der Waals surface area (Å²) in [4.78, 5) is 12.0. The normalized spacial score (nSPS) is 10.2. The number of rotatable bonds is 5. The summed E-state index contributed by atoms with van der Waals surface area (Å²) in [6, 6.07) is 13.8. The lowest BCUT2D eigenvalue weighted by atomic mass is 10.1. The maximum atomic E-state index is 12.0. The molecule has 2 rings (SSSR count). The van der Waals surface area contributed by atoms with Crippen LogP contribution in [0.5, 0.6) is 0 Å². The molecule has 4 heteroatoms. The highest BCUT2D eigenvalue weighted by Gasteiger charge is 2.05. The van der Waals surface area contributed by atoms with Crippen molar-refractivity contribution in [3.05, 3.63) is 58.1 Å². The highest BCUT2D eigenvalue weighted by Crippen LogP contribution is 2.18. The number of benzene rings is 2. The molecule has 3 nitrogen and oxygen atoms in total. The number of hydrogen-bond acceptors (Lipinski definition) is 2. The van der Waals surface area contributed by atoms with Crippen LogP contribution in [0.15, 0.2) is 46.9 Å². The molecule has 110 valence electrons. The van der Waals surface area contributed by atoms with E-state index in [-0.39, 0.29) is 5.91 Å². The fraction of sp³-hybridized carbons (Fsp3) is 0.235.